The molecule has 2 aromatic rings. The lowest BCUT2D eigenvalue weighted by molar-refractivity contribution is -0.384. The average Bonchev–Trinajstić information content (AvgIpc) is 3.54. The predicted molar refractivity (Wildman–Crippen MR) is 107 cm³/mol. The van der Waals surface area contributed by atoms with Gasteiger partial charge in [-0.2, -0.15) is 0 Å². The number of nitrogens with zero attached hydrogens (tertiary/aromatic N) is 2. The molecule has 0 bridgehead atoms. The zero-order chi connectivity index (χ0) is 21.3. The fourth-order valence-corrected chi connectivity index (χ4v) is 3.09. The summed E-state index contributed by atoms with van der Waals surface area (Å²) in [5.41, 5.74) is 0.567. The molecule has 10 heteroatoms. The third-order valence-corrected chi connectivity index (χ3v) is 4.76. The minimum absolute atomic E-state index is 0.148. The molecule has 1 fully saturated rings. The fourth-order valence-electron chi connectivity index (χ4n) is 3.09. The van der Waals surface area contributed by atoms with E-state index >= 15 is 0 Å². The number of non-ortho nitro benzene ring substituents is 1. The normalized spacial score (nSPS) is 15.1. The molecule has 1 heterocycles. The summed E-state index contributed by atoms with van der Waals surface area (Å²) >= 11 is 0. The number of hydrogen-bond acceptors (Lipinski definition) is 6. The number of fused-ring (bicyclic) bond motifs is 1. The maximum Gasteiger partial charge on any atom is 0.271 e. The number of rotatable bonds is 6. The van der Waals surface area contributed by atoms with E-state index in [1.807, 2.05) is 0 Å². The Morgan fingerprint density at radius 2 is 1.97 bits per heavy atom. The van der Waals surface area contributed by atoms with Gasteiger partial charge in [-0.05, 0) is 31.0 Å². The van der Waals surface area contributed by atoms with Gasteiger partial charge in [0.1, 0.15) is 12.3 Å². The summed E-state index contributed by atoms with van der Waals surface area (Å²) in [6.45, 7) is -0.659. The molecule has 0 saturated heterocycles. The number of hydrogen-bond donors (Lipinski definition) is 2. The Morgan fingerprint density at radius 1 is 1.20 bits per heavy atom. The van der Waals surface area contributed by atoms with Gasteiger partial charge in [0.2, 0.25) is 5.91 Å². The summed E-state index contributed by atoms with van der Waals surface area (Å²) in [6, 6.07) is 10.6. The predicted octanol–water partition coefficient (Wildman–Crippen LogP) is 1.85. The highest BCUT2D eigenvalue weighted by Gasteiger charge is 2.30. The molecule has 154 valence electrons. The van der Waals surface area contributed by atoms with Crippen LogP contribution in [0.1, 0.15) is 23.2 Å². The van der Waals surface area contributed by atoms with E-state index in [-0.39, 0.29) is 42.2 Å². The Labute approximate surface area is 171 Å². The molecule has 2 aliphatic rings. The number of carbonyl (C=O) groups excluding carboxylic acids is 3. The van der Waals surface area contributed by atoms with Crippen molar-refractivity contribution >= 4 is 34.8 Å². The molecule has 0 spiro atoms. The van der Waals surface area contributed by atoms with Crippen LogP contribution in [-0.4, -0.2) is 41.8 Å². The van der Waals surface area contributed by atoms with E-state index in [0.717, 1.165) is 17.7 Å². The Balaban J connectivity index is 1.52. The smallest absolute Gasteiger partial charge is 0.271 e. The third kappa shape index (κ3) is 4.07. The van der Waals surface area contributed by atoms with E-state index in [4.69, 9.17) is 4.74 Å². The Morgan fingerprint density at radius 3 is 2.70 bits per heavy atom. The number of carbonyl (C=O) groups is 3. The van der Waals surface area contributed by atoms with Crippen molar-refractivity contribution in [3.05, 3.63) is 58.1 Å². The van der Waals surface area contributed by atoms with E-state index in [1.54, 1.807) is 24.3 Å². The van der Waals surface area contributed by atoms with Crippen LogP contribution in [0.2, 0.25) is 0 Å². The number of ether oxygens (including phenoxy) is 1. The Kier molecular flexibility index (Phi) is 5.05. The standard InChI is InChI=1S/C20H18N4O6/c25-18(22-15-4-2-1-3-14(15)20(27)21-12-5-6-12)10-23-16-9-13(24(28)29)7-8-17(16)30-11-19(23)26/h1-4,7-9,12H,5-6,10-11H2,(H,21,27)(H,22,25). The second kappa shape index (κ2) is 7.82. The molecule has 30 heavy (non-hydrogen) atoms. The molecule has 0 aromatic heterocycles. The number of para-hydroxylation sites is 1. The Hall–Kier alpha value is -3.95. The molecule has 0 atom stereocenters. The van der Waals surface area contributed by atoms with Gasteiger partial charge in [-0.15, -0.1) is 0 Å². The van der Waals surface area contributed by atoms with Crippen molar-refractivity contribution in [1.29, 1.82) is 0 Å². The molecule has 4 rings (SSSR count). The van der Waals surface area contributed by atoms with Crippen LogP contribution in [0.4, 0.5) is 17.1 Å². The van der Waals surface area contributed by atoms with E-state index < -0.39 is 16.7 Å². The van der Waals surface area contributed by atoms with Crippen molar-refractivity contribution in [2.45, 2.75) is 18.9 Å². The molecule has 1 aliphatic heterocycles. The first kappa shape index (κ1) is 19.4. The quantitative estimate of drug-likeness (QED) is 0.552. The molecule has 0 radical (unpaired) electrons. The van der Waals surface area contributed by atoms with Gasteiger partial charge in [0, 0.05) is 18.2 Å². The van der Waals surface area contributed by atoms with Crippen molar-refractivity contribution in [1.82, 2.24) is 5.32 Å². The van der Waals surface area contributed by atoms with Gasteiger partial charge in [0.15, 0.2) is 6.61 Å². The fraction of sp³-hybridized carbons (Fsp3) is 0.250. The van der Waals surface area contributed by atoms with Crippen LogP contribution in [0.25, 0.3) is 0 Å². The number of nitro benzene ring substituents is 1. The number of nitro groups is 1. The summed E-state index contributed by atoms with van der Waals surface area (Å²) in [7, 11) is 0. The number of amides is 3. The first-order valence-corrected chi connectivity index (χ1v) is 9.34. The van der Waals surface area contributed by atoms with Crippen molar-refractivity contribution in [2.24, 2.45) is 0 Å². The largest absolute Gasteiger partial charge is 0.482 e. The molecular formula is C20H18N4O6. The van der Waals surface area contributed by atoms with Crippen LogP contribution in [0, 0.1) is 10.1 Å². The molecule has 1 saturated carbocycles. The highest BCUT2D eigenvalue weighted by molar-refractivity contribution is 6.08. The minimum Gasteiger partial charge on any atom is -0.482 e. The van der Waals surface area contributed by atoms with E-state index in [1.165, 1.54) is 18.2 Å². The lowest BCUT2D eigenvalue weighted by Crippen LogP contribution is -2.43. The van der Waals surface area contributed by atoms with Gasteiger partial charge in [0.25, 0.3) is 17.5 Å². The number of nitrogens with one attached hydrogen (secondary N) is 2. The summed E-state index contributed by atoms with van der Waals surface area (Å²) in [6.07, 6.45) is 1.87. The van der Waals surface area contributed by atoms with Gasteiger partial charge < -0.3 is 15.4 Å². The maximum absolute atomic E-state index is 12.7. The van der Waals surface area contributed by atoms with Crippen LogP contribution in [0.15, 0.2) is 42.5 Å². The summed E-state index contributed by atoms with van der Waals surface area (Å²) in [4.78, 5) is 49.0. The van der Waals surface area contributed by atoms with E-state index in [9.17, 15) is 24.5 Å². The second-order valence-electron chi connectivity index (χ2n) is 7.02. The summed E-state index contributed by atoms with van der Waals surface area (Å²) in [5.74, 6) is -1.05. The van der Waals surface area contributed by atoms with Gasteiger partial charge in [-0.3, -0.25) is 29.4 Å². The van der Waals surface area contributed by atoms with Crippen molar-refractivity contribution in [3.63, 3.8) is 0 Å². The van der Waals surface area contributed by atoms with Crippen LogP contribution in [-0.2, 0) is 9.59 Å². The highest BCUT2D eigenvalue weighted by Crippen LogP contribution is 2.35. The molecule has 0 unspecified atom stereocenters. The monoisotopic (exact) mass is 410 g/mol. The van der Waals surface area contributed by atoms with Crippen molar-refractivity contribution in [2.75, 3.05) is 23.4 Å². The van der Waals surface area contributed by atoms with Crippen molar-refractivity contribution < 1.29 is 24.0 Å². The minimum atomic E-state index is -0.591. The maximum atomic E-state index is 12.7. The summed E-state index contributed by atoms with van der Waals surface area (Å²) < 4.78 is 5.30. The van der Waals surface area contributed by atoms with Crippen LogP contribution in [0.5, 0.6) is 5.75 Å². The van der Waals surface area contributed by atoms with Gasteiger partial charge in [0.05, 0.1) is 21.9 Å². The molecule has 2 N–H and O–H groups in total. The zero-order valence-corrected chi connectivity index (χ0v) is 15.8. The van der Waals surface area contributed by atoms with Gasteiger partial charge in [-0.25, -0.2) is 0 Å². The first-order chi connectivity index (χ1) is 14.4. The van der Waals surface area contributed by atoms with Gasteiger partial charge in [-0.1, -0.05) is 12.1 Å². The second-order valence-corrected chi connectivity index (χ2v) is 7.02. The van der Waals surface area contributed by atoms with E-state index in [0.29, 0.717) is 11.3 Å². The van der Waals surface area contributed by atoms with Gasteiger partial charge >= 0.3 is 0 Å². The molecule has 2 aromatic carbocycles. The topological polar surface area (TPSA) is 131 Å². The lowest BCUT2D eigenvalue weighted by atomic mass is 10.1. The molecule has 10 nitrogen and oxygen atoms in total. The zero-order valence-electron chi connectivity index (χ0n) is 15.8. The number of anilines is 2. The summed E-state index contributed by atoms with van der Waals surface area (Å²) in [5, 5.41) is 16.6. The van der Waals surface area contributed by atoms with Crippen molar-refractivity contribution in [3.8, 4) is 5.75 Å². The molecule has 1 aliphatic carbocycles. The SMILES string of the molecule is O=C(CN1C(=O)COc2ccc([N+](=O)[O-])cc21)Nc1ccccc1C(=O)NC1CC1. The average molecular weight is 410 g/mol. The molecule has 3 amide bonds. The lowest BCUT2D eigenvalue weighted by Gasteiger charge is -2.28. The first-order valence-electron chi connectivity index (χ1n) is 9.34. The highest BCUT2D eigenvalue weighted by atomic mass is 16.6. The number of benzene rings is 2. The third-order valence-electron chi connectivity index (χ3n) is 4.76. The van der Waals surface area contributed by atoms with E-state index in [2.05, 4.69) is 10.6 Å². The molecular weight excluding hydrogens is 392 g/mol. The van der Waals surface area contributed by atoms with Crippen LogP contribution in [0.3, 0.4) is 0 Å². The Bertz CT molecular complexity index is 1050. The van der Waals surface area contributed by atoms with Crippen LogP contribution >= 0.6 is 0 Å². The van der Waals surface area contributed by atoms with Crippen LogP contribution < -0.4 is 20.3 Å².